The molecule has 2 unspecified atom stereocenters. The number of ether oxygens (including phenoxy) is 2. The second-order valence-corrected chi connectivity index (χ2v) is 10.7. The molecule has 0 aliphatic carbocycles. The molecule has 1 N–H and O–H groups in total. The van der Waals surface area contributed by atoms with E-state index in [1.54, 1.807) is 19.9 Å². The normalized spacial score (nSPS) is 16.1. The Balaban J connectivity index is 1.67. The van der Waals surface area contributed by atoms with Gasteiger partial charge in [-0.15, -0.1) is 0 Å². The van der Waals surface area contributed by atoms with Crippen molar-refractivity contribution in [2.45, 2.75) is 31.1 Å². The van der Waals surface area contributed by atoms with Gasteiger partial charge in [0.2, 0.25) is 0 Å². The van der Waals surface area contributed by atoms with Crippen LogP contribution in [0.2, 0.25) is 0 Å². The highest BCUT2D eigenvalue weighted by atomic mass is 32.2. The molecule has 2 aromatic carbocycles. The van der Waals surface area contributed by atoms with Gasteiger partial charge in [0.1, 0.15) is 0 Å². The summed E-state index contributed by atoms with van der Waals surface area (Å²) in [5.74, 6) is -1.69. The monoisotopic (exact) mass is 555 g/mol. The first-order chi connectivity index (χ1) is 18.6. The van der Waals surface area contributed by atoms with Gasteiger partial charge in [-0.05, 0) is 45.0 Å². The number of hydrogen-bond acceptors (Lipinski definition) is 9. The molecule has 0 radical (unpaired) electrons. The molecule has 2 aromatic rings. The van der Waals surface area contributed by atoms with Crippen molar-refractivity contribution in [2.75, 3.05) is 39.6 Å². The Morgan fingerprint density at radius 1 is 1.03 bits per heavy atom. The lowest BCUT2D eigenvalue weighted by atomic mass is 9.80. The molecule has 0 amide bonds. The molecule has 10 nitrogen and oxygen atoms in total. The van der Waals surface area contributed by atoms with Crippen molar-refractivity contribution < 1.29 is 28.2 Å². The van der Waals surface area contributed by atoms with Crippen molar-refractivity contribution in [3.63, 3.8) is 0 Å². The first-order valence-electron chi connectivity index (χ1n) is 12.4. The van der Waals surface area contributed by atoms with Crippen LogP contribution in [0.3, 0.4) is 0 Å². The van der Waals surface area contributed by atoms with E-state index in [1.807, 2.05) is 42.3 Å². The fraction of sp³-hybridized carbons (Fsp3) is 0.357. The standard InChI is InChI=1S/C28H33N3O7S/c1-19-24(27(32)37-4)26(21-10-8-11-22(18-21)31(34)35)25(20(2)29-19)28(33)38-16-9-14-30(3)15-17-39(36)23-12-6-5-7-13-23/h5-8,10-13,18,26,29H,9,14-17H2,1-4H3. The van der Waals surface area contributed by atoms with Crippen LogP contribution in [0.1, 0.15) is 31.7 Å². The lowest BCUT2D eigenvalue weighted by Crippen LogP contribution is -2.32. The topological polar surface area (TPSA) is 128 Å². The third-order valence-electron chi connectivity index (χ3n) is 6.38. The molecule has 208 valence electrons. The molecule has 0 fully saturated rings. The Bertz CT molecular complexity index is 1310. The molecule has 2 atom stereocenters. The van der Waals surface area contributed by atoms with E-state index in [4.69, 9.17) is 9.47 Å². The summed E-state index contributed by atoms with van der Waals surface area (Å²) in [6.45, 7) is 4.74. The Labute approximate surface area is 230 Å². The van der Waals surface area contributed by atoms with Crippen molar-refractivity contribution in [3.05, 3.63) is 92.8 Å². The van der Waals surface area contributed by atoms with E-state index in [1.165, 1.54) is 25.3 Å². The third kappa shape index (κ3) is 7.61. The van der Waals surface area contributed by atoms with Crippen LogP contribution >= 0.6 is 0 Å². The van der Waals surface area contributed by atoms with Gasteiger partial charge in [0.15, 0.2) is 0 Å². The van der Waals surface area contributed by atoms with Crippen molar-refractivity contribution >= 4 is 28.4 Å². The van der Waals surface area contributed by atoms with Crippen LogP contribution in [0, 0.1) is 10.1 Å². The maximum Gasteiger partial charge on any atom is 0.336 e. The zero-order valence-corrected chi connectivity index (χ0v) is 23.3. The van der Waals surface area contributed by atoms with Gasteiger partial charge < -0.3 is 19.7 Å². The second kappa shape index (κ2) is 13.8. The Morgan fingerprint density at radius 3 is 2.33 bits per heavy atom. The van der Waals surface area contributed by atoms with E-state index in [2.05, 4.69) is 5.32 Å². The highest BCUT2D eigenvalue weighted by Gasteiger charge is 2.38. The number of dihydropyridines is 1. The summed E-state index contributed by atoms with van der Waals surface area (Å²) < 4.78 is 23.0. The van der Waals surface area contributed by atoms with Gasteiger partial charge in [0.05, 0.1) is 46.5 Å². The van der Waals surface area contributed by atoms with Crippen LogP contribution < -0.4 is 5.32 Å². The van der Waals surface area contributed by atoms with Crippen LogP contribution in [-0.4, -0.2) is 65.6 Å². The van der Waals surface area contributed by atoms with Gasteiger partial charge in [0, 0.05) is 47.3 Å². The molecule has 0 saturated carbocycles. The van der Waals surface area contributed by atoms with Crippen LogP contribution in [-0.2, 0) is 29.9 Å². The first kappa shape index (κ1) is 29.7. The maximum atomic E-state index is 13.3. The number of benzene rings is 2. The molecule has 39 heavy (non-hydrogen) atoms. The zero-order chi connectivity index (χ0) is 28.5. The molecule has 1 aliphatic rings. The minimum Gasteiger partial charge on any atom is -0.466 e. The average molecular weight is 556 g/mol. The van der Waals surface area contributed by atoms with E-state index in [0.29, 0.717) is 42.2 Å². The molecule has 0 saturated heterocycles. The number of nitrogens with zero attached hydrogens (tertiary/aromatic N) is 2. The lowest BCUT2D eigenvalue weighted by Gasteiger charge is -2.30. The number of hydrogen-bond donors (Lipinski definition) is 1. The summed E-state index contributed by atoms with van der Waals surface area (Å²) in [5.41, 5.74) is 1.59. The fourth-order valence-electron chi connectivity index (χ4n) is 4.41. The Morgan fingerprint density at radius 2 is 1.69 bits per heavy atom. The van der Waals surface area contributed by atoms with Crippen LogP contribution in [0.4, 0.5) is 5.69 Å². The van der Waals surface area contributed by atoms with Crippen molar-refractivity contribution in [3.8, 4) is 0 Å². The second-order valence-electron chi connectivity index (χ2n) is 9.13. The van der Waals surface area contributed by atoms with E-state index < -0.39 is 33.6 Å². The summed E-state index contributed by atoms with van der Waals surface area (Å²) in [5, 5.41) is 14.5. The number of methoxy groups -OCH3 is 1. The number of carbonyl (C=O) groups excluding carboxylic acids is 2. The summed E-state index contributed by atoms with van der Waals surface area (Å²) in [7, 11) is 2.06. The van der Waals surface area contributed by atoms with Crippen LogP contribution in [0.5, 0.6) is 0 Å². The Kier molecular flexibility index (Phi) is 10.5. The van der Waals surface area contributed by atoms with Crippen LogP contribution in [0.15, 0.2) is 82.0 Å². The molecule has 1 heterocycles. The summed E-state index contributed by atoms with van der Waals surface area (Å²) in [4.78, 5) is 39.7. The van der Waals surface area contributed by atoms with Crippen molar-refractivity contribution in [1.29, 1.82) is 0 Å². The largest absolute Gasteiger partial charge is 0.466 e. The molecular formula is C28H33N3O7S. The fourth-order valence-corrected chi connectivity index (χ4v) is 5.59. The highest BCUT2D eigenvalue weighted by molar-refractivity contribution is 7.85. The summed E-state index contributed by atoms with van der Waals surface area (Å²) in [6, 6.07) is 15.1. The van der Waals surface area contributed by atoms with Crippen LogP contribution in [0.25, 0.3) is 0 Å². The maximum absolute atomic E-state index is 13.3. The molecule has 0 bridgehead atoms. The molecule has 0 spiro atoms. The summed E-state index contributed by atoms with van der Waals surface area (Å²) >= 11 is 0. The number of esters is 2. The van der Waals surface area contributed by atoms with Gasteiger partial charge >= 0.3 is 11.9 Å². The van der Waals surface area contributed by atoms with Gasteiger partial charge in [0.25, 0.3) is 5.69 Å². The molecule has 11 heteroatoms. The number of nitro groups is 1. The quantitative estimate of drug-likeness (QED) is 0.181. The van der Waals surface area contributed by atoms with Gasteiger partial charge in [-0.25, -0.2) is 9.59 Å². The minimum absolute atomic E-state index is 0.125. The highest BCUT2D eigenvalue weighted by Crippen LogP contribution is 2.40. The predicted octanol–water partition coefficient (Wildman–Crippen LogP) is 3.68. The predicted molar refractivity (Wildman–Crippen MR) is 147 cm³/mol. The third-order valence-corrected chi connectivity index (χ3v) is 7.73. The number of allylic oxidation sites excluding steroid dienone is 2. The Hall–Kier alpha value is -3.83. The number of rotatable bonds is 12. The number of non-ortho nitro benzene ring substituents is 1. The zero-order valence-electron chi connectivity index (χ0n) is 22.5. The smallest absolute Gasteiger partial charge is 0.336 e. The van der Waals surface area contributed by atoms with Gasteiger partial charge in [-0.1, -0.05) is 30.3 Å². The van der Waals surface area contributed by atoms with Crippen molar-refractivity contribution in [2.24, 2.45) is 0 Å². The van der Waals surface area contributed by atoms with Gasteiger partial charge in [-0.3, -0.25) is 14.3 Å². The number of nitrogens with one attached hydrogen (secondary N) is 1. The molecule has 3 rings (SSSR count). The minimum atomic E-state index is -1.09. The molecule has 1 aliphatic heterocycles. The van der Waals surface area contributed by atoms with Crippen molar-refractivity contribution in [1.82, 2.24) is 10.2 Å². The number of carbonyl (C=O) groups is 2. The number of nitro benzene ring substituents is 1. The van der Waals surface area contributed by atoms with Gasteiger partial charge in [-0.2, -0.15) is 0 Å². The van der Waals surface area contributed by atoms with E-state index in [0.717, 1.165) is 4.90 Å². The van der Waals surface area contributed by atoms with E-state index in [-0.39, 0.29) is 23.4 Å². The van der Waals surface area contributed by atoms with E-state index in [9.17, 15) is 23.9 Å². The summed E-state index contributed by atoms with van der Waals surface area (Å²) in [6.07, 6.45) is 0.542. The molecular weight excluding hydrogens is 522 g/mol. The first-order valence-corrected chi connectivity index (χ1v) is 13.8. The lowest BCUT2D eigenvalue weighted by molar-refractivity contribution is -0.384. The molecule has 0 aromatic heterocycles. The SMILES string of the molecule is COC(=O)C1=C(C)NC(C)=C(C(=O)OCCCN(C)CCS(=O)c2ccccc2)C1c1cccc([N+](=O)[O-])c1. The average Bonchev–Trinajstić information content (AvgIpc) is 2.93. The van der Waals surface area contributed by atoms with E-state index >= 15 is 0 Å².